The molecule has 2 aliphatic heterocycles. The van der Waals surface area contributed by atoms with Crippen LogP contribution in [-0.2, 0) is 14.9 Å². The van der Waals surface area contributed by atoms with Crippen molar-refractivity contribution in [2.24, 2.45) is 9.98 Å². The van der Waals surface area contributed by atoms with Crippen LogP contribution in [-0.4, -0.2) is 63.1 Å². The molecule has 0 aromatic heterocycles. The number of rotatable bonds is 9. The van der Waals surface area contributed by atoms with Gasteiger partial charge in [-0.15, -0.1) is 0 Å². The number of dihydropyridines is 1. The summed E-state index contributed by atoms with van der Waals surface area (Å²) in [7, 11) is -3.30. The molecule has 0 aliphatic carbocycles. The van der Waals surface area contributed by atoms with Crippen LogP contribution in [0.5, 0.6) is 0 Å². The highest BCUT2D eigenvalue weighted by Gasteiger charge is 2.24. The molecular formula is C17H28N6O3S. The number of nitrogens with zero attached hydrogens (tertiary/aromatic N) is 4. The molecule has 2 rings (SSSR count). The Morgan fingerprint density at radius 2 is 2.19 bits per heavy atom. The van der Waals surface area contributed by atoms with E-state index in [9.17, 15) is 8.42 Å². The molecule has 0 aromatic carbocycles. The minimum Gasteiger partial charge on any atom is -0.347 e. The lowest BCUT2D eigenvalue weighted by Crippen LogP contribution is -2.42. The average Bonchev–Trinajstić information content (AvgIpc) is 2.69. The Bertz CT molecular complexity index is 677. The third kappa shape index (κ3) is 8.07. The first-order chi connectivity index (χ1) is 13.1. The van der Waals surface area contributed by atoms with Crippen molar-refractivity contribution in [2.45, 2.75) is 44.6 Å². The van der Waals surface area contributed by atoms with Crippen LogP contribution < -0.4 is 10.6 Å². The van der Waals surface area contributed by atoms with Crippen molar-refractivity contribution < 1.29 is 13.3 Å². The van der Waals surface area contributed by atoms with Gasteiger partial charge in [0.05, 0.1) is 24.9 Å². The van der Waals surface area contributed by atoms with Gasteiger partial charge in [-0.3, -0.25) is 20.1 Å². The van der Waals surface area contributed by atoms with E-state index in [0.29, 0.717) is 38.6 Å². The van der Waals surface area contributed by atoms with Gasteiger partial charge in [0.15, 0.2) is 6.19 Å². The second-order valence-corrected chi connectivity index (χ2v) is 8.39. The number of nitriles is 1. The van der Waals surface area contributed by atoms with E-state index in [0.717, 1.165) is 36.6 Å². The summed E-state index contributed by atoms with van der Waals surface area (Å²) in [5.41, 5.74) is 0. The van der Waals surface area contributed by atoms with Crippen molar-refractivity contribution in [3.63, 3.8) is 0 Å². The third-order valence-corrected chi connectivity index (χ3v) is 5.91. The summed E-state index contributed by atoms with van der Waals surface area (Å²) in [5.74, 6) is 0.558. The Kier molecular flexibility index (Phi) is 9.24. The van der Waals surface area contributed by atoms with E-state index in [1.807, 2.05) is 18.3 Å². The van der Waals surface area contributed by atoms with Crippen molar-refractivity contribution in [3.8, 4) is 6.19 Å². The molecule has 1 fully saturated rings. The zero-order valence-electron chi connectivity index (χ0n) is 15.5. The number of nitrogens with one attached hydrogen (secondary N) is 2. The van der Waals surface area contributed by atoms with Gasteiger partial charge < -0.3 is 5.32 Å². The lowest BCUT2D eigenvalue weighted by Gasteiger charge is -2.25. The lowest BCUT2D eigenvalue weighted by atomic mass is 10.2. The van der Waals surface area contributed by atoms with Gasteiger partial charge in [0.25, 0.3) is 0 Å². The maximum Gasteiger partial charge on any atom is 0.236 e. The molecule has 150 valence electrons. The first kappa shape index (κ1) is 21.3. The molecule has 0 spiro atoms. The zero-order chi connectivity index (χ0) is 19.4. The molecule has 0 aromatic rings. The van der Waals surface area contributed by atoms with Gasteiger partial charge >= 0.3 is 0 Å². The average molecular weight is 397 g/mol. The molecule has 10 heteroatoms. The Hall–Kier alpha value is -1.96. The number of hydrogen-bond donors (Lipinski definition) is 2. The summed E-state index contributed by atoms with van der Waals surface area (Å²) < 4.78 is 25.4. The van der Waals surface area contributed by atoms with Gasteiger partial charge in [0.2, 0.25) is 16.0 Å². The third-order valence-electron chi connectivity index (χ3n) is 4.19. The highest BCUT2D eigenvalue weighted by Crippen LogP contribution is 2.13. The summed E-state index contributed by atoms with van der Waals surface area (Å²) >= 11 is 0. The first-order valence-electron chi connectivity index (χ1n) is 9.38. The minimum absolute atomic E-state index is 0.0248. The number of hydroxylamine groups is 1. The summed E-state index contributed by atoms with van der Waals surface area (Å²) in [4.78, 5) is 13.7. The molecule has 0 amide bonds. The van der Waals surface area contributed by atoms with Gasteiger partial charge in [-0.25, -0.2) is 8.42 Å². The summed E-state index contributed by atoms with van der Waals surface area (Å²) in [6.07, 6.45) is 12.3. The van der Waals surface area contributed by atoms with Crippen LogP contribution in [0.1, 0.15) is 38.5 Å². The molecule has 2 heterocycles. The van der Waals surface area contributed by atoms with Gasteiger partial charge in [0, 0.05) is 19.3 Å². The second kappa shape index (κ2) is 11.7. The Labute approximate surface area is 161 Å². The summed E-state index contributed by atoms with van der Waals surface area (Å²) in [6, 6.07) is 0.0248. The van der Waals surface area contributed by atoms with Crippen molar-refractivity contribution in [2.75, 3.05) is 32.0 Å². The topological polar surface area (TPSA) is 119 Å². The van der Waals surface area contributed by atoms with E-state index in [-0.39, 0.29) is 11.8 Å². The highest BCUT2D eigenvalue weighted by molar-refractivity contribution is 7.88. The van der Waals surface area contributed by atoms with Crippen LogP contribution in [0.3, 0.4) is 0 Å². The van der Waals surface area contributed by atoms with Gasteiger partial charge in [-0.2, -0.15) is 5.26 Å². The fourth-order valence-corrected chi connectivity index (χ4v) is 4.17. The predicted molar refractivity (Wildman–Crippen MR) is 105 cm³/mol. The lowest BCUT2D eigenvalue weighted by molar-refractivity contribution is -0.108. The SMILES string of the molecule is N#CNC(=NCCCCCCS(=O)(=O)N1CCCCO1)NC1C=CC=NC1. The normalized spacial score (nSPS) is 21.0. The predicted octanol–water partition coefficient (Wildman–Crippen LogP) is 0.929. The zero-order valence-corrected chi connectivity index (χ0v) is 16.3. The van der Waals surface area contributed by atoms with Crippen LogP contribution in [0.4, 0.5) is 0 Å². The van der Waals surface area contributed by atoms with E-state index in [1.165, 1.54) is 0 Å². The van der Waals surface area contributed by atoms with Gasteiger partial charge in [-0.05, 0) is 31.8 Å². The molecule has 2 aliphatic rings. The maximum atomic E-state index is 12.1. The summed E-state index contributed by atoms with van der Waals surface area (Å²) in [6.45, 7) is 2.12. The molecule has 27 heavy (non-hydrogen) atoms. The van der Waals surface area contributed by atoms with Crippen molar-refractivity contribution in [1.82, 2.24) is 15.1 Å². The van der Waals surface area contributed by atoms with Crippen LogP contribution in [0, 0.1) is 11.5 Å². The number of allylic oxidation sites excluding steroid dienone is 1. The highest BCUT2D eigenvalue weighted by atomic mass is 32.2. The van der Waals surface area contributed by atoms with Crippen molar-refractivity contribution >= 4 is 22.2 Å². The van der Waals surface area contributed by atoms with Crippen LogP contribution in [0.15, 0.2) is 22.1 Å². The van der Waals surface area contributed by atoms with E-state index in [2.05, 4.69) is 20.6 Å². The second-order valence-electron chi connectivity index (χ2n) is 6.41. The smallest absolute Gasteiger partial charge is 0.236 e. The Morgan fingerprint density at radius 1 is 1.33 bits per heavy atom. The molecule has 1 saturated heterocycles. The van der Waals surface area contributed by atoms with Crippen LogP contribution in [0.25, 0.3) is 0 Å². The van der Waals surface area contributed by atoms with E-state index in [1.54, 1.807) is 6.21 Å². The number of hydrogen-bond acceptors (Lipinski definition) is 6. The number of sulfonamides is 1. The molecule has 1 atom stereocenters. The molecule has 0 saturated carbocycles. The maximum absolute atomic E-state index is 12.1. The quantitative estimate of drug-likeness (QED) is 0.197. The minimum atomic E-state index is -3.30. The number of guanidine groups is 1. The van der Waals surface area contributed by atoms with Crippen molar-refractivity contribution in [3.05, 3.63) is 12.2 Å². The molecule has 9 nitrogen and oxygen atoms in total. The molecule has 1 unspecified atom stereocenters. The van der Waals surface area contributed by atoms with Gasteiger partial charge in [0.1, 0.15) is 0 Å². The Balaban J connectivity index is 1.61. The fourth-order valence-electron chi connectivity index (χ4n) is 2.76. The number of aliphatic imine (C=N–C) groups is 2. The number of unbranched alkanes of at least 4 members (excludes halogenated alkanes) is 3. The molecule has 2 N–H and O–H groups in total. The first-order valence-corrected chi connectivity index (χ1v) is 11.0. The van der Waals surface area contributed by atoms with E-state index in [4.69, 9.17) is 10.1 Å². The molecule has 0 bridgehead atoms. The van der Waals surface area contributed by atoms with Crippen LogP contribution >= 0.6 is 0 Å². The largest absolute Gasteiger partial charge is 0.347 e. The molecule has 0 radical (unpaired) electrons. The summed E-state index contributed by atoms with van der Waals surface area (Å²) in [5, 5.41) is 14.5. The monoisotopic (exact) mass is 396 g/mol. The standard InChI is InChI=1S/C17H28N6O3S/c18-15-21-17(22-16-8-7-9-19-14-16)20-10-3-1-2-6-13-27(24,25)23-11-4-5-12-26-23/h7-9,16H,1-6,10-14H2,(H2,20,21,22). The van der Waals surface area contributed by atoms with Crippen LogP contribution in [0.2, 0.25) is 0 Å². The molecular weight excluding hydrogens is 368 g/mol. The Morgan fingerprint density at radius 3 is 2.89 bits per heavy atom. The van der Waals surface area contributed by atoms with Crippen molar-refractivity contribution in [1.29, 1.82) is 5.26 Å². The van der Waals surface area contributed by atoms with E-state index >= 15 is 0 Å². The van der Waals surface area contributed by atoms with Gasteiger partial charge in [-0.1, -0.05) is 23.4 Å². The van der Waals surface area contributed by atoms with E-state index < -0.39 is 10.0 Å². The fraction of sp³-hybridized carbons (Fsp3) is 0.706.